The van der Waals surface area contributed by atoms with Gasteiger partial charge >= 0.3 is 0 Å². The van der Waals surface area contributed by atoms with Crippen molar-refractivity contribution in [3.8, 4) is 50.2 Å². The van der Waals surface area contributed by atoms with Crippen molar-refractivity contribution >= 4 is 65.3 Å². The van der Waals surface area contributed by atoms with Crippen LogP contribution in [-0.2, 0) is 0 Å². The Bertz CT molecular complexity index is 3610. The summed E-state index contributed by atoms with van der Waals surface area (Å²) in [6.07, 6.45) is 0. The zero-order valence-corrected chi connectivity index (χ0v) is 32.5. The van der Waals surface area contributed by atoms with Gasteiger partial charge in [0.1, 0.15) is 11.2 Å². The molecule has 2 heteroatoms. The van der Waals surface area contributed by atoms with Crippen molar-refractivity contribution in [2.75, 3.05) is 0 Å². The molecule has 2 heterocycles. The standard InChI is InChI=1S/C57H37NO/c1-36-12-9-18-41(30-36)45-31-44(39-26-24-38(25-27-39)37-13-3-2-4-14-37)32-46(33-45)58-53-35-43-17-6-5-16-42(43)34-52(53)49-21-10-20-48(56(49)58)50-22-11-23-51-55-47-19-8-7-15-40(47)28-29-54(55)59-57(50)51/h2-35H,1H3. The van der Waals surface area contributed by atoms with Crippen LogP contribution in [0.25, 0.3) is 115 Å². The first kappa shape index (κ1) is 33.5. The van der Waals surface area contributed by atoms with E-state index in [1.807, 2.05) is 0 Å². The number of para-hydroxylation sites is 2. The van der Waals surface area contributed by atoms with Gasteiger partial charge in [-0.25, -0.2) is 0 Å². The van der Waals surface area contributed by atoms with E-state index in [9.17, 15) is 0 Å². The average molecular weight is 752 g/mol. The van der Waals surface area contributed by atoms with Crippen LogP contribution in [0.4, 0.5) is 0 Å². The highest BCUT2D eigenvalue weighted by molar-refractivity contribution is 6.23. The summed E-state index contributed by atoms with van der Waals surface area (Å²) >= 11 is 0. The molecule has 59 heavy (non-hydrogen) atoms. The fourth-order valence-corrected chi connectivity index (χ4v) is 9.40. The van der Waals surface area contributed by atoms with E-state index in [2.05, 4.69) is 218 Å². The Morgan fingerprint density at radius 2 is 0.983 bits per heavy atom. The quantitative estimate of drug-likeness (QED) is 0.171. The molecule has 0 bridgehead atoms. The number of hydrogen-bond acceptors (Lipinski definition) is 1. The Balaban J connectivity index is 1.17. The van der Waals surface area contributed by atoms with Crippen molar-refractivity contribution in [1.29, 1.82) is 0 Å². The summed E-state index contributed by atoms with van der Waals surface area (Å²) in [5, 5.41) is 9.56. The lowest BCUT2D eigenvalue weighted by atomic mass is 9.95. The molecule has 0 unspecified atom stereocenters. The third-order valence-electron chi connectivity index (χ3n) is 12.2. The molecule has 10 aromatic carbocycles. The third-order valence-corrected chi connectivity index (χ3v) is 12.2. The zero-order valence-electron chi connectivity index (χ0n) is 32.5. The summed E-state index contributed by atoms with van der Waals surface area (Å²) in [7, 11) is 0. The average Bonchev–Trinajstić information content (AvgIpc) is 3.84. The molecule has 0 aliphatic rings. The molecular weight excluding hydrogens is 715 g/mol. The number of rotatable bonds is 5. The van der Waals surface area contributed by atoms with Crippen molar-refractivity contribution in [3.05, 3.63) is 212 Å². The molecule has 0 fully saturated rings. The van der Waals surface area contributed by atoms with Crippen LogP contribution in [0, 0.1) is 6.92 Å². The number of fused-ring (bicyclic) bond motifs is 9. The Labute approximate surface area is 341 Å². The van der Waals surface area contributed by atoms with E-state index in [4.69, 9.17) is 4.42 Å². The SMILES string of the molecule is Cc1cccc(-c2cc(-c3ccc(-c4ccccc4)cc3)cc(-n3c4cc5ccccc5cc4c4cccc(-c5cccc6c5oc5ccc7ccccc7c56)c43)c2)c1. The predicted molar refractivity (Wildman–Crippen MR) is 250 cm³/mol. The maximum Gasteiger partial charge on any atom is 0.143 e. The molecule has 0 radical (unpaired) electrons. The van der Waals surface area contributed by atoms with Gasteiger partial charge in [-0.2, -0.15) is 0 Å². The molecule has 12 aromatic rings. The van der Waals surface area contributed by atoms with Gasteiger partial charge in [0.2, 0.25) is 0 Å². The molecule has 12 rings (SSSR count). The van der Waals surface area contributed by atoms with Crippen LogP contribution in [0.2, 0.25) is 0 Å². The molecule has 0 spiro atoms. The number of hydrogen-bond donors (Lipinski definition) is 0. The van der Waals surface area contributed by atoms with Crippen LogP contribution in [0.15, 0.2) is 211 Å². The maximum absolute atomic E-state index is 6.88. The summed E-state index contributed by atoms with van der Waals surface area (Å²) < 4.78 is 9.38. The van der Waals surface area contributed by atoms with Gasteiger partial charge in [-0.3, -0.25) is 0 Å². The number of aromatic nitrogens is 1. The molecular formula is C57H37NO. The van der Waals surface area contributed by atoms with E-state index < -0.39 is 0 Å². The molecule has 0 atom stereocenters. The summed E-state index contributed by atoms with van der Waals surface area (Å²) in [6.45, 7) is 2.17. The van der Waals surface area contributed by atoms with E-state index in [0.717, 1.165) is 49.8 Å². The van der Waals surface area contributed by atoms with Crippen molar-refractivity contribution in [2.24, 2.45) is 0 Å². The first-order valence-electron chi connectivity index (χ1n) is 20.3. The van der Waals surface area contributed by atoms with E-state index >= 15 is 0 Å². The summed E-state index contributed by atoms with van der Waals surface area (Å²) in [5.41, 5.74) is 15.8. The molecule has 0 amide bonds. The summed E-state index contributed by atoms with van der Waals surface area (Å²) in [4.78, 5) is 0. The van der Waals surface area contributed by atoms with Gasteiger partial charge in [0.15, 0.2) is 0 Å². The highest BCUT2D eigenvalue weighted by Crippen LogP contribution is 2.45. The number of aryl methyl sites for hydroxylation is 1. The lowest BCUT2D eigenvalue weighted by Crippen LogP contribution is -1.98. The Hall–Kier alpha value is -7.68. The first-order valence-corrected chi connectivity index (χ1v) is 20.3. The third kappa shape index (κ3) is 5.41. The minimum Gasteiger partial charge on any atom is -0.455 e. The second-order valence-electron chi connectivity index (χ2n) is 15.8. The number of furan rings is 1. The van der Waals surface area contributed by atoms with Crippen LogP contribution in [-0.4, -0.2) is 4.57 Å². The molecule has 2 aromatic heterocycles. The Morgan fingerprint density at radius 3 is 1.78 bits per heavy atom. The predicted octanol–water partition coefficient (Wildman–Crippen LogP) is 16.0. The second kappa shape index (κ2) is 13.2. The zero-order chi connectivity index (χ0) is 39.0. The van der Waals surface area contributed by atoms with Crippen LogP contribution >= 0.6 is 0 Å². The van der Waals surface area contributed by atoms with Gasteiger partial charge in [-0.05, 0) is 98.2 Å². The molecule has 2 nitrogen and oxygen atoms in total. The minimum atomic E-state index is 0.902. The normalized spacial score (nSPS) is 11.8. The molecule has 0 aliphatic carbocycles. The van der Waals surface area contributed by atoms with Gasteiger partial charge in [0.05, 0.1) is 11.0 Å². The van der Waals surface area contributed by atoms with Gasteiger partial charge in [-0.15, -0.1) is 0 Å². The fraction of sp³-hybridized carbons (Fsp3) is 0.0175. The van der Waals surface area contributed by atoms with Gasteiger partial charge < -0.3 is 8.98 Å². The molecule has 0 saturated carbocycles. The Morgan fingerprint density at radius 1 is 0.373 bits per heavy atom. The van der Waals surface area contributed by atoms with Gasteiger partial charge in [0.25, 0.3) is 0 Å². The largest absolute Gasteiger partial charge is 0.455 e. The summed E-state index contributed by atoms with van der Waals surface area (Å²) in [6, 6.07) is 75.2. The Kier molecular flexibility index (Phi) is 7.48. The molecule has 0 saturated heterocycles. The topological polar surface area (TPSA) is 18.1 Å². The highest BCUT2D eigenvalue weighted by atomic mass is 16.3. The lowest BCUT2D eigenvalue weighted by molar-refractivity contribution is 0.670. The minimum absolute atomic E-state index is 0.902. The smallest absolute Gasteiger partial charge is 0.143 e. The monoisotopic (exact) mass is 751 g/mol. The van der Waals surface area contributed by atoms with Crippen LogP contribution in [0.1, 0.15) is 5.56 Å². The molecule has 0 N–H and O–H groups in total. The van der Waals surface area contributed by atoms with Crippen molar-refractivity contribution in [1.82, 2.24) is 4.57 Å². The van der Waals surface area contributed by atoms with E-state index in [0.29, 0.717) is 0 Å². The summed E-state index contributed by atoms with van der Waals surface area (Å²) in [5.74, 6) is 0. The fourth-order valence-electron chi connectivity index (χ4n) is 9.40. The van der Waals surface area contributed by atoms with Crippen LogP contribution < -0.4 is 0 Å². The second-order valence-corrected chi connectivity index (χ2v) is 15.8. The maximum atomic E-state index is 6.88. The van der Waals surface area contributed by atoms with Gasteiger partial charge in [0, 0.05) is 38.4 Å². The van der Waals surface area contributed by atoms with E-state index in [-0.39, 0.29) is 0 Å². The molecule has 0 aliphatic heterocycles. The van der Waals surface area contributed by atoms with Crippen molar-refractivity contribution in [3.63, 3.8) is 0 Å². The van der Waals surface area contributed by atoms with E-state index in [1.54, 1.807) is 0 Å². The van der Waals surface area contributed by atoms with Crippen molar-refractivity contribution in [2.45, 2.75) is 6.92 Å². The van der Waals surface area contributed by atoms with Crippen LogP contribution in [0.5, 0.6) is 0 Å². The van der Waals surface area contributed by atoms with Gasteiger partial charge in [-0.1, -0.05) is 175 Å². The first-order chi connectivity index (χ1) is 29.1. The number of nitrogens with zero attached hydrogens (tertiary/aromatic N) is 1. The molecule has 276 valence electrons. The van der Waals surface area contributed by atoms with Crippen molar-refractivity contribution < 1.29 is 4.42 Å². The lowest BCUT2D eigenvalue weighted by Gasteiger charge is -2.16. The van der Waals surface area contributed by atoms with Crippen LogP contribution in [0.3, 0.4) is 0 Å². The highest BCUT2D eigenvalue weighted by Gasteiger charge is 2.22. The van der Waals surface area contributed by atoms with E-state index in [1.165, 1.54) is 71.2 Å². The number of benzene rings is 10.